The molecule has 4 N–H and O–H groups in total. The fourth-order valence-corrected chi connectivity index (χ4v) is 2.09. The van der Waals surface area contributed by atoms with Gasteiger partial charge < -0.3 is 11.5 Å². The summed E-state index contributed by atoms with van der Waals surface area (Å²) in [6, 6.07) is 22.2. The van der Waals surface area contributed by atoms with E-state index in [4.69, 9.17) is 11.5 Å². The summed E-state index contributed by atoms with van der Waals surface area (Å²) in [5.74, 6) is 0. The molecule has 22 heavy (non-hydrogen) atoms. The second-order valence-corrected chi connectivity index (χ2v) is 5.29. The molecule has 1 aliphatic rings. The molecule has 0 aromatic heterocycles. The Morgan fingerprint density at radius 1 is 0.773 bits per heavy atom. The normalized spacial score (nSPS) is 15.8. The zero-order valence-corrected chi connectivity index (χ0v) is 12.6. The highest BCUT2D eigenvalue weighted by atomic mass is 14.9. The Kier molecular flexibility index (Phi) is 5.90. The summed E-state index contributed by atoms with van der Waals surface area (Å²) in [5.41, 5.74) is 13.3. The Morgan fingerprint density at radius 2 is 1.32 bits per heavy atom. The molecular weight excluding hydrogens is 268 g/mol. The highest BCUT2D eigenvalue weighted by molar-refractivity contribution is 5.53. The molecular formula is C20H22N2. The van der Waals surface area contributed by atoms with E-state index in [9.17, 15) is 0 Å². The zero-order valence-electron chi connectivity index (χ0n) is 12.6. The minimum absolute atomic E-state index is 0.673. The van der Waals surface area contributed by atoms with Gasteiger partial charge in [-0.1, -0.05) is 97.1 Å². The molecule has 0 saturated heterocycles. The van der Waals surface area contributed by atoms with Crippen LogP contribution in [0.15, 0.2) is 96.6 Å². The van der Waals surface area contributed by atoms with E-state index < -0.39 is 5.66 Å². The lowest BCUT2D eigenvalue weighted by molar-refractivity contribution is 0.547. The monoisotopic (exact) mass is 290 g/mol. The van der Waals surface area contributed by atoms with Gasteiger partial charge in [0.05, 0.1) is 5.66 Å². The first-order valence-corrected chi connectivity index (χ1v) is 7.35. The predicted molar refractivity (Wildman–Crippen MR) is 94.9 cm³/mol. The van der Waals surface area contributed by atoms with Crippen molar-refractivity contribution in [1.82, 2.24) is 0 Å². The lowest BCUT2D eigenvalue weighted by Crippen LogP contribution is -2.48. The number of allylic oxidation sites excluding steroid dienone is 3. The molecule has 2 nitrogen and oxygen atoms in total. The Bertz CT molecular complexity index is 611. The number of nitrogens with two attached hydrogens (primary N) is 2. The van der Waals surface area contributed by atoms with Crippen molar-refractivity contribution in [2.75, 3.05) is 0 Å². The summed E-state index contributed by atoms with van der Waals surface area (Å²) < 4.78 is 0. The largest absolute Gasteiger partial charge is 0.310 e. The average Bonchev–Trinajstić information content (AvgIpc) is 2.55. The molecule has 0 unspecified atom stereocenters. The second-order valence-electron chi connectivity index (χ2n) is 5.29. The van der Waals surface area contributed by atoms with Crippen molar-refractivity contribution in [2.24, 2.45) is 11.5 Å². The summed E-state index contributed by atoms with van der Waals surface area (Å²) in [7, 11) is 0. The molecule has 0 saturated carbocycles. The van der Waals surface area contributed by atoms with Crippen molar-refractivity contribution in [3.63, 3.8) is 0 Å². The molecule has 0 fully saturated rings. The van der Waals surface area contributed by atoms with E-state index in [1.54, 1.807) is 0 Å². The van der Waals surface area contributed by atoms with Gasteiger partial charge >= 0.3 is 0 Å². The summed E-state index contributed by atoms with van der Waals surface area (Å²) >= 11 is 0. The van der Waals surface area contributed by atoms with Gasteiger partial charge in [-0.25, -0.2) is 0 Å². The highest BCUT2D eigenvalue weighted by Crippen LogP contribution is 2.18. The average molecular weight is 290 g/mol. The van der Waals surface area contributed by atoms with Crippen LogP contribution < -0.4 is 11.5 Å². The van der Waals surface area contributed by atoms with Crippen LogP contribution in [-0.2, 0) is 0 Å². The number of benzene rings is 2. The first-order chi connectivity index (χ1) is 10.7. The standard InChI is InChI=1S/C14H16N2.C6H6/c15-14(16)10-4-7-13(11-14)9-8-12-5-2-1-3-6-12;1-2-4-6-5-3-1/h1-10H,11,15-16H2;1-6H. The fraction of sp³-hybridized carbons (Fsp3) is 0.100. The van der Waals surface area contributed by atoms with Crippen LogP contribution in [0.2, 0.25) is 0 Å². The SMILES string of the molecule is NC1(N)C=CC=C(C=Cc2ccccc2)C1.c1ccccc1. The first-order valence-electron chi connectivity index (χ1n) is 7.35. The van der Waals surface area contributed by atoms with Crippen LogP contribution in [0.5, 0.6) is 0 Å². The maximum Gasteiger partial charge on any atom is 0.0872 e. The van der Waals surface area contributed by atoms with E-state index in [1.165, 1.54) is 5.56 Å². The molecule has 0 aliphatic heterocycles. The molecule has 0 amide bonds. The van der Waals surface area contributed by atoms with Crippen molar-refractivity contribution in [3.8, 4) is 0 Å². The summed E-state index contributed by atoms with van der Waals surface area (Å²) in [5, 5.41) is 0. The van der Waals surface area contributed by atoms with Crippen molar-refractivity contribution in [3.05, 3.63) is 102 Å². The fourth-order valence-electron chi connectivity index (χ4n) is 2.09. The Labute approximate surface area is 132 Å². The topological polar surface area (TPSA) is 52.0 Å². The van der Waals surface area contributed by atoms with Gasteiger partial charge in [-0.2, -0.15) is 0 Å². The van der Waals surface area contributed by atoms with E-state index in [1.807, 2.05) is 72.8 Å². The van der Waals surface area contributed by atoms with Gasteiger partial charge in [0.15, 0.2) is 0 Å². The molecule has 0 heterocycles. The maximum absolute atomic E-state index is 5.85. The zero-order chi connectivity index (χ0) is 15.7. The summed E-state index contributed by atoms with van der Waals surface area (Å²) in [6.45, 7) is 0. The molecule has 0 spiro atoms. The van der Waals surface area contributed by atoms with Crippen molar-refractivity contribution in [1.29, 1.82) is 0 Å². The van der Waals surface area contributed by atoms with Crippen molar-refractivity contribution in [2.45, 2.75) is 12.1 Å². The van der Waals surface area contributed by atoms with Gasteiger partial charge in [0.1, 0.15) is 0 Å². The van der Waals surface area contributed by atoms with Crippen LogP contribution in [0.4, 0.5) is 0 Å². The minimum Gasteiger partial charge on any atom is -0.310 e. The van der Waals surface area contributed by atoms with Gasteiger partial charge in [0.2, 0.25) is 0 Å². The molecule has 2 aromatic rings. The molecule has 3 rings (SSSR count). The van der Waals surface area contributed by atoms with E-state index in [2.05, 4.69) is 24.3 Å². The van der Waals surface area contributed by atoms with E-state index in [0.717, 1.165) is 5.57 Å². The van der Waals surface area contributed by atoms with Gasteiger partial charge in [0.25, 0.3) is 0 Å². The third-order valence-corrected chi connectivity index (χ3v) is 3.18. The van der Waals surface area contributed by atoms with Crippen molar-refractivity contribution >= 4 is 6.08 Å². The van der Waals surface area contributed by atoms with Crippen LogP contribution in [0.25, 0.3) is 6.08 Å². The van der Waals surface area contributed by atoms with Crippen LogP contribution in [-0.4, -0.2) is 5.66 Å². The van der Waals surface area contributed by atoms with E-state index in [-0.39, 0.29) is 0 Å². The molecule has 0 bridgehead atoms. The van der Waals surface area contributed by atoms with E-state index in [0.29, 0.717) is 6.42 Å². The number of hydrogen-bond donors (Lipinski definition) is 2. The second kappa shape index (κ2) is 8.13. The van der Waals surface area contributed by atoms with Crippen molar-refractivity contribution < 1.29 is 0 Å². The van der Waals surface area contributed by atoms with E-state index >= 15 is 0 Å². The molecule has 1 aliphatic carbocycles. The number of hydrogen-bond acceptors (Lipinski definition) is 2. The molecule has 0 radical (unpaired) electrons. The van der Waals surface area contributed by atoms with Gasteiger partial charge in [-0.05, 0) is 11.1 Å². The molecule has 0 atom stereocenters. The minimum atomic E-state index is -0.703. The van der Waals surface area contributed by atoms with Crippen LogP contribution in [0.3, 0.4) is 0 Å². The Hall–Kier alpha value is -2.42. The first kappa shape index (κ1) is 16.0. The van der Waals surface area contributed by atoms with Crippen LogP contribution in [0, 0.1) is 0 Å². The summed E-state index contributed by atoms with van der Waals surface area (Å²) in [4.78, 5) is 0. The van der Waals surface area contributed by atoms with Gasteiger partial charge in [-0.3, -0.25) is 0 Å². The third kappa shape index (κ3) is 5.92. The smallest absolute Gasteiger partial charge is 0.0872 e. The lowest BCUT2D eigenvalue weighted by Gasteiger charge is -2.23. The van der Waals surface area contributed by atoms with Gasteiger partial charge in [-0.15, -0.1) is 0 Å². The third-order valence-electron chi connectivity index (χ3n) is 3.18. The summed E-state index contributed by atoms with van der Waals surface area (Å²) in [6.07, 6.45) is 10.6. The molecule has 2 heteroatoms. The molecule has 112 valence electrons. The van der Waals surface area contributed by atoms with Gasteiger partial charge in [0, 0.05) is 6.42 Å². The molecule has 2 aromatic carbocycles. The highest BCUT2D eigenvalue weighted by Gasteiger charge is 2.17. The number of rotatable bonds is 2. The maximum atomic E-state index is 5.85. The lowest BCUT2D eigenvalue weighted by atomic mass is 9.95. The Morgan fingerprint density at radius 3 is 1.86 bits per heavy atom. The predicted octanol–water partition coefficient (Wildman–Crippen LogP) is 3.89. The van der Waals surface area contributed by atoms with Crippen LogP contribution >= 0.6 is 0 Å². The van der Waals surface area contributed by atoms with Crippen LogP contribution in [0.1, 0.15) is 12.0 Å². The Balaban J connectivity index is 0.000000246. The quantitative estimate of drug-likeness (QED) is 0.824.